The normalized spacial score (nSPS) is 32.8. The third-order valence-electron chi connectivity index (χ3n) is 3.57. The number of allylic oxidation sites excluding steroid dienone is 1. The molecule has 2 heterocycles. The van der Waals surface area contributed by atoms with E-state index in [1.807, 2.05) is 6.92 Å². The number of fused-ring (bicyclic) bond motifs is 2. The summed E-state index contributed by atoms with van der Waals surface area (Å²) >= 11 is 0. The Kier molecular flexibility index (Phi) is 2.66. The van der Waals surface area contributed by atoms with Crippen molar-refractivity contribution in [1.82, 2.24) is 0 Å². The fourth-order valence-corrected chi connectivity index (χ4v) is 3.04. The van der Waals surface area contributed by atoms with E-state index in [1.54, 1.807) is 0 Å². The third-order valence-corrected chi connectivity index (χ3v) is 3.57. The molecule has 72 valence electrons. The minimum absolute atomic E-state index is 0.514. The predicted molar refractivity (Wildman–Crippen MR) is 56.9 cm³/mol. The van der Waals surface area contributed by atoms with E-state index >= 15 is 0 Å². The molecule has 0 aliphatic carbocycles. The van der Waals surface area contributed by atoms with Crippen molar-refractivity contribution in [2.24, 2.45) is 0 Å². The van der Waals surface area contributed by atoms with E-state index in [1.165, 1.54) is 38.5 Å². The van der Waals surface area contributed by atoms with Crippen molar-refractivity contribution in [3.63, 3.8) is 0 Å². The molecule has 1 nitrogen and oxygen atoms in total. The SMILES string of the molecule is C=C(C)OB1C2CCCC1CCC2. The zero-order chi connectivity index (χ0) is 9.26. The molecule has 2 bridgehead atoms. The Bertz CT molecular complexity index is 180. The monoisotopic (exact) mass is 178 g/mol. The van der Waals surface area contributed by atoms with Gasteiger partial charge in [0.1, 0.15) is 0 Å². The molecular formula is C11H19BO. The van der Waals surface area contributed by atoms with Gasteiger partial charge in [-0.1, -0.05) is 45.1 Å². The first-order chi connectivity index (χ1) is 6.27. The van der Waals surface area contributed by atoms with Crippen molar-refractivity contribution in [2.75, 3.05) is 0 Å². The van der Waals surface area contributed by atoms with Crippen LogP contribution < -0.4 is 0 Å². The molecule has 2 aliphatic rings. The second kappa shape index (κ2) is 3.77. The Morgan fingerprint density at radius 3 is 2.00 bits per heavy atom. The minimum Gasteiger partial charge on any atom is -0.564 e. The minimum atomic E-state index is 0.514. The molecule has 13 heavy (non-hydrogen) atoms. The van der Waals surface area contributed by atoms with Crippen LogP contribution in [0.25, 0.3) is 0 Å². The summed E-state index contributed by atoms with van der Waals surface area (Å²) in [4.78, 5) is 0. The zero-order valence-corrected chi connectivity index (χ0v) is 8.59. The fourth-order valence-electron chi connectivity index (χ4n) is 3.04. The summed E-state index contributed by atoms with van der Waals surface area (Å²) in [5, 5.41) is 0. The molecule has 0 spiro atoms. The highest BCUT2D eigenvalue weighted by atomic mass is 16.4. The van der Waals surface area contributed by atoms with Gasteiger partial charge in [0.15, 0.2) is 0 Å². The van der Waals surface area contributed by atoms with Crippen molar-refractivity contribution in [3.05, 3.63) is 12.3 Å². The molecule has 0 aromatic heterocycles. The van der Waals surface area contributed by atoms with E-state index < -0.39 is 0 Å². The second-order valence-electron chi connectivity index (χ2n) is 4.67. The average Bonchev–Trinajstić information content (AvgIpc) is 2.02. The Morgan fingerprint density at radius 2 is 1.62 bits per heavy atom. The van der Waals surface area contributed by atoms with E-state index in [2.05, 4.69) is 6.58 Å². The highest BCUT2D eigenvalue weighted by molar-refractivity contribution is 6.56. The summed E-state index contributed by atoms with van der Waals surface area (Å²) < 4.78 is 5.86. The van der Waals surface area contributed by atoms with E-state index in [9.17, 15) is 0 Å². The van der Waals surface area contributed by atoms with Gasteiger partial charge in [-0.05, 0) is 18.6 Å². The first-order valence-electron chi connectivity index (χ1n) is 5.59. The molecule has 0 unspecified atom stereocenters. The van der Waals surface area contributed by atoms with Crippen LogP contribution in [0.4, 0.5) is 0 Å². The number of hydrogen-bond donors (Lipinski definition) is 0. The van der Waals surface area contributed by atoms with Crippen LogP contribution in [0.3, 0.4) is 0 Å². The Balaban J connectivity index is 2.02. The molecule has 0 radical (unpaired) electrons. The van der Waals surface area contributed by atoms with Gasteiger partial charge in [0, 0.05) is 0 Å². The largest absolute Gasteiger partial charge is 0.564 e. The van der Waals surface area contributed by atoms with Gasteiger partial charge in [-0.2, -0.15) is 0 Å². The molecule has 0 atom stereocenters. The van der Waals surface area contributed by atoms with Crippen LogP contribution in [0.2, 0.25) is 11.6 Å². The number of rotatable bonds is 2. The molecule has 2 heteroatoms. The van der Waals surface area contributed by atoms with Crippen molar-refractivity contribution < 1.29 is 4.65 Å². The molecule has 0 N–H and O–H groups in total. The summed E-state index contributed by atoms with van der Waals surface area (Å²) in [6, 6.07) is 0. The van der Waals surface area contributed by atoms with Gasteiger partial charge in [0.25, 0.3) is 0 Å². The van der Waals surface area contributed by atoms with Gasteiger partial charge >= 0.3 is 6.92 Å². The molecule has 0 aromatic carbocycles. The van der Waals surface area contributed by atoms with E-state index in [0.717, 1.165) is 17.4 Å². The lowest BCUT2D eigenvalue weighted by Crippen LogP contribution is -2.36. The van der Waals surface area contributed by atoms with Crippen LogP contribution >= 0.6 is 0 Å². The van der Waals surface area contributed by atoms with Crippen molar-refractivity contribution in [2.45, 2.75) is 57.1 Å². The van der Waals surface area contributed by atoms with Crippen LogP contribution in [0, 0.1) is 0 Å². The lowest BCUT2D eigenvalue weighted by Gasteiger charge is -2.39. The molecule has 2 aliphatic heterocycles. The highest BCUT2D eigenvalue weighted by Crippen LogP contribution is 2.46. The van der Waals surface area contributed by atoms with Gasteiger partial charge in [-0.3, -0.25) is 0 Å². The van der Waals surface area contributed by atoms with Crippen molar-refractivity contribution in [3.8, 4) is 0 Å². The lowest BCUT2D eigenvalue weighted by molar-refractivity contribution is 0.335. The maximum Gasteiger partial charge on any atom is 0.363 e. The van der Waals surface area contributed by atoms with E-state index in [-0.39, 0.29) is 0 Å². The van der Waals surface area contributed by atoms with Crippen LogP contribution in [0.1, 0.15) is 45.4 Å². The summed E-state index contributed by atoms with van der Waals surface area (Å²) in [6.07, 6.45) is 8.38. The first-order valence-corrected chi connectivity index (χ1v) is 5.59. The molecule has 2 fully saturated rings. The summed E-state index contributed by atoms with van der Waals surface area (Å²) in [6.45, 7) is 6.34. The van der Waals surface area contributed by atoms with Crippen LogP contribution in [0.5, 0.6) is 0 Å². The quantitative estimate of drug-likeness (QED) is 0.463. The van der Waals surface area contributed by atoms with Gasteiger partial charge in [-0.25, -0.2) is 0 Å². The lowest BCUT2D eigenvalue weighted by atomic mass is 9.38. The molecule has 0 amide bonds. The van der Waals surface area contributed by atoms with Gasteiger partial charge in [0.2, 0.25) is 0 Å². The predicted octanol–water partition coefficient (Wildman–Crippen LogP) is 3.64. The number of hydrogen-bond acceptors (Lipinski definition) is 1. The zero-order valence-electron chi connectivity index (χ0n) is 8.59. The molecular weight excluding hydrogens is 159 g/mol. The molecule has 0 saturated carbocycles. The molecule has 2 rings (SSSR count). The van der Waals surface area contributed by atoms with Crippen LogP contribution in [-0.4, -0.2) is 6.92 Å². The van der Waals surface area contributed by atoms with Crippen molar-refractivity contribution >= 4 is 6.92 Å². The average molecular weight is 178 g/mol. The van der Waals surface area contributed by atoms with Crippen molar-refractivity contribution in [1.29, 1.82) is 0 Å². The summed E-state index contributed by atoms with van der Waals surface area (Å²) in [5.41, 5.74) is 0. The Morgan fingerprint density at radius 1 is 1.15 bits per heavy atom. The third kappa shape index (κ3) is 1.92. The summed E-state index contributed by atoms with van der Waals surface area (Å²) in [7, 11) is 0. The van der Waals surface area contributed by atoms with Crippen LogP contribution in [-0.2, 0) is 4.65 Å². The topological polar surface area (TPSA) is 9.23 Å². The Hall–Kier alpha value is -0.395. The second-order valence-corrected chi connectivity index (χ2v) is 4.67. The van der Waals surface area contributed by atoms with Crippen LogP contribution in [0.15, 0.2) is 12.3 Å². The van der Waals surface area contributed by atoms with Gasteiger partial charge in [0.05, 0.1) is 5.76 Å². The standard InChI is InChI=1S/C11H19BO/c1-9(2)13-12-10-5-3-6-11(12)8-4-7-10/h10-11H,1,3-8H2,2H3. The smallest absolute Gasteiger partial charge is 0.363 e. The summed E-state index contributed by atoms with van der Waals surface area (Å²) in [5.74, 6) is 2.58. The molecule has 2 saturated heterocycles. The first kappa shape index (κ1) is 9.17. The molecule has 0 aromatic rings. The highest BCUT2D eigenvalue weighted by Gasteiger charge is 2.42. The Labute approximate surface area is 81.7 Å². The van der Waals surface area contributed by atoms with Gasteiger partial charge < -0.3 is 4.65 Å². The maximum atomic E-state index is 5.86. The van der Waals surface area contributed by atoms with E-state index in [4.69, 9.17) is 4.65 Å². The van der Waals surface area contributed by atoms with Gasteiger partial charge in [-0.15, -0.1) is 0 Å². The van der Waals surface area contributed by atoms with E-state index in [0.29, 0.717) is 6.92 Å². The maximum absolute atomic E-state index is 5.86. The fraction of sp³-hybridized carbons (Fsp3) is 0.818.